The van der Waals surface area contributed by atoms with E-state index in [-0.39, 0.29) is 11.4 Å². The monoisotopic (exact) mass is 471 g/mol. The normalized spacial score (nSPS) is 13.7. The summed E-state index contributed by atoms with van der Waals surface area (Å²) in [5.74, 6) is -0.118. The van der Waals surface area contributed by atoms with E-state index in [9.17, 15) is 13.6 Å². The van der Waals surface area contributed by atoms with Gasteiger partial charge in [0.05, 0.1) is 24.2 Å². The van der Waals surface area contributed by atoms with Gasteiger partial charge in [-0.15, -0.1) is 0 Å². The van der Waals surface area contributed by atoms with Gasteiger partial charge in [0.25, 0.3) is 0 Å². The van der Waals surface area contributed by atoms with E-state index in [1.165, 1.54) is 18.1 Å². The predicted molar refractivity (Wildman–Crippen MR) is 125 cm³/mol. The first-order valence-corrected chi connectivity index (χ1v) is 11.3. The van der Waals surface area contributed by atoms with Crippen molar-refractivity contribution in [3.8, 4) is 5.75 Å². The molecule has 1 aromatic heterocycles. The van der Waals surface area contributed by atoms with E-state index < -0.39 is 17.5 Å². The highest BCUT2D eigenvalue weighted by Gasteiger charge is 2.21. The van der Waals surface area contributed by atoms with E-state index in [4.69, 9.17) is 4.74 Å². The number of benzene rings is 2. The van der Waals surface area contributed by atoms with Gasteiger partial charge in [0, 0.05) is 38.3 Å². The lowest BCUT2D eigenvalue weighted by Gasteiger charge is -2.37. The second-order valence-corrected chi connectivity index (χ2v) is 8.32. The molecule has 0 aliphatic carbocycles. The molecule has 2 aromatic carbocycles. The van der Waals surface area contributed by atoms with Crippen molar-refractivity contribution in [2.75, 3.05) is 54.2 Å². The molecule has 1 aliphatic heterocycles. The number of halogens is 2. The molecule has 0 radical (unpaired) electrons. The number of amides is 1. The van der Waals surface area contributed by atoms with Crippen molar-refractivity contribution < 1.29 is 18.3 Å². The highest BCUT2D eigenvalue weighted by atomic mass is 32.2. The molecular weight excluding hydrogens is 448 g/mol. The number of anilines is 3. The summed E-state index contributed by atoms with van der Waals surface area (Å²) in [5.41, 5.74) is 0.885. The van der Waals surface area contributed by atoms with Gasteiger partial charge < -0.3 is 19.9 Å². The fraction of sp³-hybridized carbons (Fsp3) is 0.261. The topological polar surface area (TPSA) is 70.6 Å². The molecule has 3 aromatic rings. The molecule has 0 atom stereocenters. The number of piperazine rings is 1. The molecule has 1 amide bonds. The average Bonchev–Trinajstić information content (AvgIpc) is 2.85. The van der Waals surface area contributed by atoms with Crippen LogP contribution in [0.1, 0.15) is 0 Å². The number of rotatable bonds is 7. The molecule has 0 bridgehead atoms. The van der Waals surface area contributed by atoms with E-state index in [0.717, 1.165) is 61.6 Å². The summed E-state index contributed by atoms with van der Waals surface area (Å²) in [7, 11) is 1.67. The van der Waals surface area contributed by atoms with E-state index >= 15 is 0 Å². The summed E-state index contributed by atoms with van der Waals surface area (Å²) in [6.07, 6.45) is 1.47. The Labute approximate surface area is 194 Å². The van der Waals surface area contributed by atoms with Crippen molar-refractivity contribution >= 4 is 34.9 Å². The molecule has 1 N–H and O–H groups in total. The first-order chi connectivity index (χ1) is 16.0. The molecule has 1 fully saturated rings. The molecule has 4 rings (SSSR count). The smallest absolute Gasteiger partial charge is 0.234 e. The molecular formula is C23H23F2N5O2S. The number of nitrogens with zero attached hydrogens (tertiary/aromatic N) is 4. The molecule has 172 valence electrons. The Hall–Kier alpha value is -3.40. The Morgan fingerprint density at radius 1 is 1.06 bits per heavy atom. The third-order valence-corrected chi connectivity index (χ3v) is 6.14. The number of methoxy groups -OCH3 is 1. The molecule has 10 heteroatoms. The van der Waals surface area contributed by atoms with Crippen molar-refractivity contribution in [3.05, 3.63) is 66.5 Å². The van der Waals surface area contributed by atoms with Crippen LogP contribution in [0.5, 0.6) is 5.75 Å². The number of thioether (sulfide) groups is 1. The molecule has 0 saturated carbocycles. The number of hydrogen-bond donors (Lipinski definition) is 1. The maximum atomic E-state index is 13.7. The van der Waals surface area contributed by atoms with Crippen molar-refractivity contribution in [3.63, 3.8) is 0 Å². The molecule has 33 heavy (non-hydrogen) atoms. The quantitative estimate of drug-likeness (QED) is 0.415. The van der Waals surface area contributed by atoms with Crippen LogP contribution in [0.15, 0.2) is 59.9 Å². The third-order valence-electron chi connectivity index (χ3n) is 5.21. The number of ether oxygens (including phenoxy) is 1. The Morgan fingerprint density at radius 2 is 1.82 bits per heavy atom. The number of aromatic nitrogens is 2. The summed E-state index contributed by atoms with van der Waals surface area (Å²) < 4.78 is 32.5. The zero-order chi connectivity index (χ0) is 23.2. The van der Waals surface area contributed by atoms with Crippen LogP contribution in [-0.2, 0) is 4.79 Å². The largest absolute Gasteiger partial charge is 0.495 e. The number of nitrogens with one attached hydrogen (secondary N) is 1. The van der Waals surface area contributed by atoms with Gasteiger partial charge in [-0.3, -0.25) is 4.79 Å². The Balaban J connectivity index is 1.33. The zero-order valence-electron chi connectivity index (χ0n) is 18.0. The van der Waals surface area contributed by atoms with Crippen LogP contribution < -0.4 is 19.9 Å². The van der Waals surface area contributed by atoms with Crippen LogP contribution in [0.4, 0.5) is 26.0 Å². The van der Waals surface area contributed by atoms with E-state index in [2.05, 4.69) is 31.2 Å². The minimum absolute atomic E-state index is 0.00792. The second kappa shape index (κ2) is 10.5. The van der Waals surface area contributed by atoms with Gasteiger partial charge in [-0.25, -0.2) is 18.7 Å². The zero-order valence-corrected chi connectivity index (χ0v) is 18.8. The van der Waals surface area contributed by atoms with E-state index in [0.29, 0.717) is 5.03 Å². The van der Waals surface area contributed by atoms with Crippen molar-refractivity contribution in [2.45, 2.75) is 5.03 Å². The second-order valence-electron chi connectivity index (χ2n) is 7.32. The molecule has 1 aliphatic rings. The number of carbonyl (C=O) groups excluding carboxylic acids is 1. The Bertz CT molecular complexity index is 1130. The van der Waals surface area contributed by atoms with Crippen LogP contribution >= 0.6 is 11.8 Å². The van der Waals surface area contributed by atoms with Gasteiger partial charge in [0.1, 0.15) is 34.6 Å². The van der Waals surface area contributed by atoms with Gasteiger partial charge in [0.15, 0.2) is 0 Å². The lowest BCUT2D eigenvalue weighted by molar-refractivity contribution is -0.113. The molecule has 7 nitrogen and oxygen atoms in total. The van der Waals surface area contributed by atoms with Gasteiger partial charge in [-0.1, -0.05) is 23.9 Å². The summed E-state index contributed by atoms with van der Waals surface area (Å²) in [5, 5.41) is 3.01. The van der Waals surface area contributed by atoms with Gasteiger partial charge >= 0.3 is 0 Å². The maximum Gasteiger partial charge on any atom is 0.234 e. The van der Waals surface area contributed by atoms with Crippen molar-refractivity contribution in [1.82, 2.24) is 9.97 Å². The summed E-state index contributed by atoms with van der Waals surface area (Å²) >= 11 is 1.21. The number of carbonyl (C=O) groups is 1. The van der Waals surface area contributed by atoms with Crippen LogP contribution in [0.3, 0.4) is 0 Å². The lowest BCUT2D eigenvalue weighted by atomic mass is 10.2. The van der Waals surface area contributed by atoms with Gasteiger partial charge in [0.2, 0.25) is 5.91 Å². The highest BCUT2D eigenvalue weighted by Crippen LogP contribution is 2.29. The minimum Gasteiger partial charge on any atom is -0.495 e. The standard InChI is InChI=1S/C23H23F2N5O2S/c1-32-20-5-3-2-4-19(20)29-8-10-30(11-9-29)21-13-23(27-15-26-21)33-14-22(31)28-18-12-16(24)6-7-17(18)25/h2-7,12-13,15H,8-11,14H2,1H3,(H,28,31). The summed E-state index contributed by atoms with van der Waals surface area (Å²) in [4.78, 5) is 25.2. The molecule has 1 saturated heterocycles. The van der Waals surface area contributed by atoms with Crippen LogP contribution in [-0.4, -0.2) is 54.9 Å². The molecule has 0 unspecified atom stereocenters. The van der Waals surface area contributed by atoms with Gasteiger partial charge in [-0.2, -0.15) is 0 Å². The summed E-state index contributed by atoms with van der Waals surface area (Å²) in [6.45, 7) is 3.18. The third kappa shape index (κ3) is 5.70. The van der Waals surface area contributed by atoms with Crippen molar-refractivity contribution in [1.29, 1.82) is 0 Å². The number of hydrogen-bond acceptors (Lipinski definition) is 7. The summed E-state index contributed by atoms with van der Waals surface area (Å²) in [6, 6.07) is 12.7. The lowest BCUT2D eigenvalue weighted by Crippen LogP contribution is -2.47. The minimum atomic E-state index is -0.689. The first-order valence-electron chi connectivity index (χ1n) is 10.4. The number of para-hydroxylation sites is 2. The Morgan fingerprint density at radius 3 is 2.61 bits per heavy atom. The SMILES string of the molecule is COc1ccccc1N1CCN(c2cc(SCC(=O)Nc3cc(F)ccc3F)ncn2)CC1. The maximum absolute atomic E-state index is 13.7. The molecule has 0 spiro atoms. The fourth-order valence-corrected chi connectivity index (χ4v) is 4.23. The van der Waals surface area contributed by atoms with Crippen LogP contribution in [0.25, 0.3) is 0 Å². The molecule has 2 heterocycles. The average molecular weight is 472 g/mol. The van der Waals surface area contributed by atoms with E-state index in [1.807, 2.05) is 24.3 Å². The van der Waals surface area contributed by atoms with Crippen LogP contribution in [0.2, 0.25) is 0 Å². The first kappa shape index (κ1) is 22.8. The van der Waals surface area contributed by atoms with E-state index in [1.54, 1.807) is 7.11 Å². The van der Waals surface area contributed by atoms with Crippen LogP contribution in [0, 0.1) is 11.6 Å². The van der Waals surface area contributed by atoms with Crippen molar-refractivity contribution in [2.24, 2.45) is 0 Å². The predicted octanol–water partition coefficient (Wildman–Crippen LogP) is 3.82. The Kier molecular flexibility index (Phi) is 7.23. The van der Waals surface area contributed by atoms with Gasteiger partial charge in [-0.05, 0) is 24.3 Å². The highest BCUT2D eigenvalue weighted by molar-refractivity contribution is 7.99. The fourth-order valence-electron chi connectivity index (χ4n) is 3.57.